The van der Waals surface area contributed by atoms with Gasteiger partial charge in [0, 0.05) is 39.0 Å². The number of nitrogens with zero attached hydrogens (tertiary/aromatic N) is 2. The van der Waals surface area contributed by atoms with Gasteiger partial charge in [-0.3, -0.25) is 19.7 Å². The monoisotopic (exact) mass is 656 g/mol. The second-order valence-corrected chi connectivity index (χ2v) is 11.2. The van der Waals surface area contributed by atoms with Crippen LogP contribution in [0.5, 0.6) is 11.5 Å². The fraction of sp³-hybridized carbons (Fsp3) is 0.0909. The molecule has 0 saturated carbocycles. The molecule has 1 heterocycles. The van der Waals surface area contributed by atoms with E-state index < -0.39 is 16.8 Å². The van der Waals surface area contributed by atoms with Crippen LogP contribution in [0.4, 0.5) is 11.4 Å². The number of nitro groups is 1. The van der Waals surface area contributed by atoms with E-state index in [-0.39, 0.29) is 39.6 Å². The number of anilines is 1. The molecule has 0 saturated heterocycles. The number of carbonyl (C=O) groups is 3. The number of amides is 2. The standard InChI is InChI=1S/C33H25ClN4O7S/c1-3-44-27-16-20(6-15-26(27)45-33(41)30-29(34)25-14-13-24(38(42)43)17-28(25)46-30)18-35-37-32(40)22-9-11-23(12-10-22)36-31(39)21-7-4-19(2)5-8-21/h4-18H,3H2,1-2H3,(H,36,39)(H,37,40)/b35-18-. The number of hydrogen-bond acceptors (Lipinski definition) is 9. The molecule has 5 aromatic rings. The molecular weight excluding hydrogens is 632 g/mol. The zero-order valence-electron chi connectivity index (χ0n) is 24.4. The van der Waals surface area contributed by atoms with Gasteiger partial charge in [-0.15, -0.1) is 11.3 Å². The van der Waals surface area contributed by atoms with Gasteiger partial charge >= 0.3 is 5.97 Å². The van der Waals surface area contributed by atoms with Crippen LogP contribution in [0, 0.1) is 17.0 Å². The minimum Gasteiger partial charge on any atom is -0.490 e. The molecule has 46 heavy (non-hydrogen) atoms. The normalized spacial score (nSPS) is 10.9. The number of ether oxygens (including phenoxy) is 2. The van der Waals surface area contributed by atoms with Gasteiger partial charge in [-0.25, -0.2) is 10.2 Å². The summed E-state index contributed by atoms with van der Waals surface area (Å²) in [5.41, 5.74) is 5.32. The molecule has 0 aliphatic heterocycles. The highest BCUT2D eigenvalue weighted by Gasteiger charge is 2.22. The van der Waals surface area contributed by atoms with Crippen molar-refractivity contribution in [2.24, 2.45) is 5.10 Å². The summed E-state index contributed by atoms with van der Waals surface area (Å²) in [7, 11) is 0. The first-order valence-corrected chi connectivity index (χ1v) is 15.0. The molecule has 0 fully saturated rings. The van der Waals surface area contributed by atoms with Crippen molar-refractivity contribution in [3.05, 3.63) is 127 Å². The minimum absolute atomic E-state index is 0.0923. The topological polar surface area (TPSA) is 149 Å². The van der Waals surface area contributed by atoms with Gasteiger partial charge in [-0.2, -0.15) is 5.10 Å². The molecule has 232 valence electrons. The molecule has 2 N–H and O–H groups in total. The van der Waals surface area contributed by atoms with E-state index in [0.717, 1.165) is 16.9 Å². The van der Waals surface area contributed by atoms with Crippen molar-refractivity contribution in [2.75, 3.05) is 11.9 Å². The average Bonchev–Trinajstić information content (AvgIpc) is 3.38. The van der Waals surface area contributed by atoms with E-state index in [1.54, 1.807) is 55.5 Å². The fourth-order valence-corrected chi connectivity index (χ4v) is 5.66. The van der Waals surface area contributed by atoms with Crippen molar-refractivity contribution in [1.29, 1.82) is 0 Å². The van der Waals surface area contributed by atoms with Crippen LogP contribution in [0.25, 0.3) is 10.1 Å². The number of fused-ring (bicyclic) bond motifs is 1. The van der Waals surface area contributed by atoms with E-state index in [9.17, 15) is 24.5 Å². The lowest BCUT2D eigenvalue weighted by Gasteiger charge is -2.11. The van der Waals surface area contributed by atoms with Crippen LogP contribution < -0.4 is 20.2 Å². The number of nitrogens with one attached hydrogen (secondary N) is 2. The molecule has 0 radical (unpaired) electrons. The third kappa shape index (κ3) is 7.37. The number of aryl methyl sites for hydroxylation is 1. The van der Waals surface area contributed by atoms with Gasteiger partial charge in [-0.1, -0.05) is 29.3 Å². The predicted molar refractivity (Wildman–Crippen MR) is 177 cm³/mol. The number of hydrazone groups is 1. The largest absolute Gasteiger partial charge is 0.490 e. The van der Waals surface area contributed by atoms with E-state index in [2.05, 4.69) is 15.8 Å². The SMILES string of the molecule is CCOc1cc(/C=N\NC(=O)c2ccc(NC(=O)c3ccc(C)cc3)cc2)ccc1OC(=O)c1sc2cc([N+](=O)[O-])ccc2c1Cl. The van der Waals surface area contributed by atoms with Crippen LogP contribution in [0.3, 0.4) is 0 Å². The lowest BCUT2D eigenvalue weighted by atomic mass is 10.1. The van der Waals surface area contributed by atoms with Crippen LogP contribution in [0.1, 0.15) is 48.4 Å². The Bertz CT molecular complexity index is 1990. The van der Waals surface area contributed by atoms with Crippen LogP contribution in [-0.4, -0.2) is 35.5 Å². The molecular formula is C33H25ClN4O7S. The molecule has 0 bridgehead atoms. The Hall–Kier alpha value is -5.59. The maximum Gasteiger partial charge on any atom is 0.355 e. The third-order valence-electron chi connectivity index (χ3n) is 6.58. The predicted octanol–water partition coefficient (Wildman–Crippen LogP) is 7.41. The first kappa shape index (κ1) is 31.8. The summed E-state index contributed by atoms with van der Waals surface area (Å²) in [6, 6.07) is 22.4. The molecule has 13 heteroatoms. The third-order valence-corrected chi connectivity index (χ3v) is 8.22. The molecule has 0 unspecified atom stereocenters. The van der Waals surface area contributed by atoms with Gasteiger partial charge < -0.3 is 14.8 Å². The maximum absolute atomic E-state index is 13.0. The number of benzene rings is 4. The van der Waals surface area contributed by atoms with Gasteiger partial charge in [0.25, 0.3) is 17.5 Å². The van der Waals surface area contributed by atoms with Gasteiger partial charge in [0.05, 0.1) is 22.8 Å². The Morgan fingerprint density at radius 1 is 0.935 bits per heavy atom. The van der Waals surface area contributed by atoms with Crippen LogP contribution >= 0.6 is 22.9 Å². The summed E-state index contributed by atoms with van der Waals surface area (Å²) >= 11 is 7.39. The Labute approximate surface area is 271 Å². The number of halogens is 1. The summed E-state index contributed by atoms with van der Waals surface area (Å²) in [5, 5.41) is 18.6. The lowest BCUT2D eigenvalue weighted by Crippen LogP contribution is -2.18. The van der Waals surface area contributed by atoms with Crippen LogP contribution in [0.2, 0.25) is 5.02 Å². The van der Waals surface area contributed by atoms with E-state index >= 15 is 0 Å². The van der Waals surface area contributed by atoms with Crippen LogP contribution in [-0.2, 0) is 0 Å². The van der Waals surface area contributed by atoms with Crippen LogP contribution in [0.15, 0.2) is 90.0 Å². The van der Waals surface area contributed by atoms with Gasteiger partial charge in [-0.05, 0) is 80.1 Å². The average molecular weight is 657 g/mol. The number of carbonyl (C=O) groups excluding carboxylic acids is 3. The van der Waals surface area contributed by atoms with E-state index in [1.807, 2.05) is 19.1 Å². The number of non-ortho nitro benzene ring substituents is 1. The number of hydrogen-bond donors (Lipinski definition) is 2. The molecule has 5 rings (SSSR count). The number of esters is 1. The second kappa shape index (κ2) is 14.0. The second-order valence-electron chi connectivity index (χ2n) is 9.81. The fourth-order valence-electron chi connectivity index (χ4n) is 4.25. The van der Waals surface area contributed by atoms with Crippen molar-refractivity contribution in [2.45, 2.75) is 13.8 Å². The van der Waals surface area contributed by atoms with Gasteiger partial charge in [0.1, 0.15) is 4.88 Å². The van der Waals surface area contributed by atoms with Crippen molar-refractivity contribution in [1.82, 2.24) is 5.43 Å². The minimum atomic E-state index is -0.746. The summed E-state index contributed by atoms with van der Waals surface area (Å²) in [6.45, 7) is 3.98. The Kier molecular flexibility index (Phi) is 9.70. The van der Waals surface area contributed by atoms with Crippen molar-refractivity contribution in [3.63, 3.8) is 0 Å². The molecule has 0 aliphatic carbocycles. The number of rotatable bonds is 10. The molecule has 11 nitrogen and oxygen atoms in total. The van der Waals surface area contributed by atoms with E-state index in [0.29, 0.717) is 32.5 Å². The highest BCUT2D eigenvalue weighted by atomic mass is 35.5. The first-order chi connectivity index (χ1) is 22.1. The Morgan fingerprint density at radius 3 is 2.33 bits per heavy atom. The zero-order chi connectivity index (χ0) is 32.8. The molecule has 0 aliphatic rings. The molecule has 0 atom stereocenters. The molecule has 2 amide bonds. The molecule has 1 aromatic heterocycles. The zero-order valence-corrected chi connectivity index (χ0v) is 26.0. The summed E-state index contributed by atoms with van der Waals surface area (Å²) < 4.78 is 11.7. The summed E-state index contributed by atoms with van der Waals surface area (Å²) in [5.74, 6) is -1.09. The van der Waals surface area contributed by atoms with Crippen molar-refractivity contribution >= 4 is 68.4 Å². The summed E-state index contributed by atoms with van der Waals surface area (Å²) in [4.78, 5) is 48.7. The highest BCUT2D eigenvalue weighted by molar-refractivity contribution is 7.21. The molecule has 0 spiro atoms. The van der Waals surface area contributed by atoms with E-state index in [1.165, 1.54) is 30.5 Å². The Morgan fingerprint density at radius 2 is 1.63 bits per heavy atom. The maximum atomic E-state index is 13.0. The lowest BCUT2D eigenvalue weighted by molar-refractivity contribution is -0.384. The Balaban J connectivity index is 1.22. The number of thiophene rings is 1. The summed E-state index contributed by atoms with van der Waals surface area (Å²) in [6.07, 6.45) is 1.40. The van der Waals surface area contributed by atoms with Gasteiger partial charge in [0.15, 0.2) is 11.5 Å². The smallest absolute Gasteiger partial charge is 0.355 e. The van der Waals surface area contributed by atoms with Crippen molar-refractivity contribution < 1.29 is 28.8 Å². The van der Waals surface area contributed by atoms with E-state index in [4.69, 9.17) is 21.1 Å². The highest BCUT2D eigenvalue weighted by Crippen LogP contribution is 2.38. The first-order valence-electron chi connectivity index (χ1n) is 13.8. The van der Waals surface area contributed by atoms with Gasteiger partial charge in [0.2, 0.25) is 0 Å². The quantitative estimate of drug-likeness (QED) is 0.0523. The van der Waals surface area contributed by atoms with Crippen molar-refractivity contribution in [3.8, 4) is 11.5 Å². The molecule has 4 aromatic carbocycles. The number of nitro benzene ring substituents is 1.